The highest BCUT2D eigenvalue weighted by Crippen LogP contribution is 2.32. The lowest BCUT2D eigenvalue weighted by Gasteiger charge is -2.19. The predicted octanol–water partition coefficient (Wildman–Crippen LogP) is 2.39. The van der Waals surface area contributed by atoms with Crippen molar-refractivity contribution in [2.24, 2.45) is 12.8 Å². The summed E-state index contributed by atoms with van der Waals surface area (Å²) in [5, 5.41) is 6.22. The summed E-state index contributed by atoms with van der Waals surface area (Å²) in [6.45, 7) is 1.40. The number of nitrogens with zero attached hydrogens (tertiary/aromatic N) is 6. The molecule has 0 bridgehead atoms. The third kappa shape index (κ3) is 4.46. The fraction of sp³-hybridized carbons (Fsp3) is 0.261. The Balaban J connectivity index is 1.71. The maximum Gasteiger partial charge on any atom is 0.271 e. The molecule has 11 nitrogen and oxygen atoms in total. The van der Waals surface area contributed by atoms with Gasteiger partial charge in [-0.1, -0.05) is 0 Å². The minimum atomic E-state index is -0.698. The number of amides is 1. The fourth-order valence-corrected chi connectivity index (χ4v) is 3.57. The van der Waals surface area contributed by atoms with Crippen molar-refractivity contribution in [3.63, 3.8) is 0 Å². The molecule has 0 radical (unpaired) electrons. The lowest BCUT2D eigenvalue weighted by molar-refractivity contribution is 0.0996. The number of anilines is 4. The molecule has 0 aliphatic heterocycles. The Bertz CT molecular complexity index is 1320. The molecule has 0 unspecified atom stereocenters. The van der Waals surface area contributed by atoms with Crippen LogP contribution in [-0.2, 0) is 11.8 Å². The van der Waals surface area contributed by atoms with Gasteiger partial charge in [0, 0.05) is 52.4 Å². The smallest absolute Gasteiger partial charge is 0.271 e. The average molecular weight is 462 g/mol. The zero-order valence-electron chi connectivity index (χ0n) is 19.5. The third-order valence-electron chi connectivity index (χ3n) is 5.46. The van der Waals surface area contributed by atoms with Gasteiger partial charge in [0.2, 0.25) is 0 Å². The van der Waals surface area contributed by atoms with E-state index in [-0.39, 0.29) is 11.5 Å². The number of fused-ring (bicyclic) bond motifs is 1. The standard InChI is InChI=1S/C23H27N9O2/c1-25-22-19(16-11-26-12-17-18(16)27-13-32(17)3)29-20(21(24)33)23(30-22)28-14-5-7-15(8-6-14)31(2)9-10-34-4/h5-8,11-13H,9-10H2,1-4H3,(H2,24,33)(H2,25,28,30). The summed E-state index contributed by atoms with van der Waals surface area (Å²) in [5.74, 6) is 0.0154. The number of aromatic nitrogens is 5. The van der Waals surface area contributed by atoms with Gasteiger partial charge < -0.3 is 30.6 Å². The average Bonchev–Trinajstić information content (AvgIpc) is 3.23. The summed E-state index contributed by atoms with van der Waals surface area (Å²) >= 11 is 0. The van der Waals surface area contributed by atoms with E-state index in [0.29, 0.717) is 29.2 Å². The number of benzene rings is 1. The number of pyridine rings is 1. The van der Waals surface area contributed by atoms with Gasteiger partial charge in [-0.25, -0.2) is 15.0 Å². The highest BCUT2D eigenvalue weighted by atomic mass is 16.5. The third-order valence-corrected chi connectivity index (χ3v) is 5.46. The number of hydrogen-bond donors (Lipinski definition) is 3. The van der Waals surface area contributed by atoms with E-state index in [1.165, 1.54) is 0 Å². The molecule has 1 amide bonds. The van der Waals surface area contributed by atoms with Crippen molar-refractivity contribution in [1.29, 1.82) is 0 Å². The van der Waals surface area contributed by atoms with Crippen LogP contribution < -0.4 is 21.3 Å². The number of nitrogens with two attached hydrogens (primary N) is 1. The summed E-state index contributed by atoms with van der Waals surface area (Å²) < 4.78 is 6.99. The van der Waals surface area contributed by atoms with Crippen molar-refractivity contribution in [2.75, 3.05) is 49.9 Å². The summed E-state index contributed by atoms with van der Waals surface area (Å²) in [5.41, 5.74) is 10.1. The van der Waals surface area contributed by atoms with Crippen LogP contribution in [0.4, 0.5) is 23.0 Å². The SMILES string of the molecule is CNc1nc(Nc2ccc(N(C)CCOC)cc2)c(C(N)=O)nc1-c1cncc2c1ncn2C. The van der Waals surface area contributed by atoms with Crippen LogP contribution in [0.5, 0.6) is 0 Å². The van der Waals surface area contributed by atoms with Gasteiger partial charge in [-0.05, 0) is 24.3 Å². The minimum absolute atomic E-state index is 0.0169. The van der Waals surface area contributed by atoms with Gasteiger partial charge in [-0.15, -0.1) is 0 Å². The lowest BCUT2D eigenvalue weighted by atomic mass is 10.1. The maximum absolute atomic E-state index is 12.3. The van der Waals surface area contributed by atoms with Gasteiger partial charge in [0.1, 0.15) is 11.2 Å². The Labute approximate surface area is 197 Å². The maximum atomic E-state index is 12.3. The minimum Gasteiger partial charge on any atom is -0.383 e. The van der Waals surface area contributed by atoms with Gasteiger partial charge in [0.15, 0.2) is 17.3 Å². The van der Waals surface area contributed by atoms with E-state index in [1.54, 1.807) is 32.9 Å². The molecule has 3 heterocycles. The molecule has 1 aromatic carbocycles. The van der Waals surface area contributed by atoms with Crippen molar-refractivity contribution in [3.8, 4) is 11.3 Å². The molecule has 4 rings (SSSR count). The lowest BCUT2D eigenvalue weighted by Crippen LogP contribution is -2.21. The first-order chi connectivity index (χ1) is 16.4. The molecule has 0 spiro atoms. The fourth-order valence-electron chi connectivity index (χ4n) is 3.57. The zero-order valence-corrected chi connectivity index (χ0v) is 19.5. The van der Waals surface area contributed by atoms with E-state index in [2.05, 4.69) is 35.5 Å². The monoisotopic (exact) mass is 461 g/mol. The molecule has 4 N–H and O–H groups in total. The highest BCUT2D eigenvalue weighted by molar-refractivity contribution is 5.99. The van der Waals surface area contributed by atoms with E-state index >= 15 is 0 Å². The number of carbonyl (C=O) groups excluding carboxylic acids is 1. The summed E-state index contributed by atoms with van der Waals surface area (Å²) in [7, 11) is 7.29. The zero-order chi connectivity index (χ0) is 24.2. The summed E-state index contributed by atoms with van der Waals surface area (Å²) in [6, 6.07) is 7.74. The molecule has 176 valence electrons. The van der Waals surface area contributed by atoms with Crippen LogP contribution in [0.15, 0.2) is 43.0 Å². The number of ether oxygens (including phenoxy) is 1. The van der Waals surface area contributed by atoms with E-state index in [9.17, 15) is 4.79 Å². The molecule has 0 aliphatic rings. The number of aryl methyl sites for hydroxylation is 1. The van der Waals surface area contributed by atoms with Crippen molar-refractivity contribution in [3.05, 3.63) is 48.7 Å². The Kier molecular flexibility index (Phi) is 6.55. The number of imidazole rings is 1. The normalized spacial score (nSPS) is 10.9. The van der Waals surface area contributed by atoms with Gasteiger partial charge >= 0.3 is 0 Å². The topological polar surface area (TPSA) is 136 Å². The van der Waals surface area contributed by atoms with Crippen LogP contribution in [0.2, 0.25) is 0 Å². The molecule has 11 heteroatoms. The number of carbonyl (C=O) groups is 1. The van der Waals surface area contributed by atoms with Crippen LogP contribution in [0.1, 0.15) is 10.5 Å². The second-order valence-corrected chi connectivity index (χ2v) is 7.73. The number of rotatable bonds is 9. The Morgan fingerprint density at radius 3 is 2.62 bits per heavy atom. The molecule has 0 saturated carbocycles. The second kappa shape index (κ2) is 9.71. The molecule has 0 fully saturated rings. The highest BCUT2D eigenvalue weighted by Gasteiger charge is 2.21. The predicted molar refractivity (Wildman–Crippen MR) is 132 cm³/mol. The quantitative estimate of drug-likeness (QED) is 0.343. The molecular formula is C23H27N9O2. The first kappa shape index (κ1) is 22.9. The Morgan fingerprint density at radius 2 is 1.94 bits per heavy atom. The van der Waals surface area contributed by atoms with Gasteiger partial charge in [0.05, 0.1) is 30.2 Å². The van der Waals surface area contributed by atoms with Crippen LogP contribution in [0.25, 0.3) is 22.3 Å². The van der Waals surface area contributed by atoms with Gasteiger partial charge in [0.25, 0.3) is 5.91 Å². The van der Waals surface area contributed by atoms with Crippen LogP contribution in [0, 0.1) is 0 Å². The largest absolute Gasteiger partial charge is 0.383 e. The van der Waals surface area contributed by atoms with Gasteiger partial charge in [-0.3, -0.25) is 9.78 Å². The van der Waals surface area contributed by atoms with Crippen molar-refractivity contribution < 1.29 is 9.53 Å². The number of hydrogen-bond acceptors (Lipinski definition) is 9. The molecule has 34 heavy (non-hydrogen) atoms. The molecule has 0 aliphatic carbocycles. The molecule has 4 aromatic rings. The van der Waals surface area contributed by atoms with Crippen LogP contribution >= 0.6 is 0 Å². The van der Waals surface area contributed by atoms with Gasteiger partial charge in [-0.2, -0.15) is 0 Å². The van der Waals surface area contributed by atoms with E-state index in [0.717, 1.165) is 23.4 Å². The summed E-state index contributed by atoms with van der Waals surface area (Å²) in [6.07, 6.45) is 5.07. The van der Waals surface area contributed by atoms with E-state index in [4.69, 9.17) is 10.5 Å². The molecule has 3 aromatic heterocycles. The summed E-state index contributed by atoms with van der Waals surface area (Å²) in [4.78, 5) is 32.4. The van der Waals surface area contributed by atoms with Crippen molar-refractivity contribution in [2.45, 2.75) is 0 Å². The number of likely N-dealkylation sites (N-methyl/N-ethyl adjacent to an activating group) is 1. The number of primary amides is 1. The van der Waals surface area contributed by atoms with Crippen molar-refractivity contribution >= 4 is 40.0 Å². The number of methoxy groups -OCH3 is 1. The molecular weight excluding hydrogens is 434 g/mol. The molecule has 0 atom stereocenters. The second-order valence-electron chi connectivity index (χ2n) is 7.73. The molecule has 0 saturated heterocycles. The van der Waals surface area contributed by atoms with E-state index < -0.39 is 5.91 Å². The van der Waals surface area contributed by atoms with Crippen molar-refractivity contribution in [1.82, 2.24) is 24.5 Å². The number of nitrogens with one attached hydrogen (secondary N) is 2. The van der Waals surface area contributed by atoms with Crippen LogP contribution in [-0.4, -0.2) is 64.8 Å². The van der Waals surface area contributed by atoms with Crippen LogP contribution in [0.3, 0.4) is 0 Å². The Hall–Kier alpha value is -4.25. The first-order valence-electron chi connectivity index (χ1n) is 10.6. The van der Waals surface area contributed by atoms with E-state index in [1.807, 2.05) is 42.9 Å². The first-order valence-corrected chi connectivity index (χ1v) is 10.6. The Morgan fingerprint density at radius 1 is 1.18 bits per heavy atom.